The molecule has 1 heterocycles. The average molecular weight is 386 g/mol. The van der Waals surface area contributed by atoms with Crippen LogP contribution in [0, 0.1) is 0 Å². The van der Waals surface area contributed by atoms with Gasteiger partial charge in [0.1, 0.15) is 0 Å². The number of sulfonamides is 2. The summed E-state index contributed by atoms with van der Waals surface area (Å²) in [4.78, 5) is -0.263. The molecule has 1 aliphatic rings. The summed E-state index contributed by atoms with van der Waals surface area (Å²) < 4.78 is 88.4. The summed E-state index contributed by atoms with van der Waals surface area (Å²) in [6.45, 7) is 0.387. The van der Waals surface area contributed by atoms with E-state index in [-0.39, 0.29) is 18.0 Å². The third-order valence-corrected chi connectivity index (χ3v) is 6.58. The highest BCUT2D eigenvalue weighted by molar-refractivity contribution is 7.89. The zero-order valence-corrected chi connectivity index (χ0v) is 14.4. The Bertz CT molecular complexity index is 782. The van der Waals surface area contributed by atoms with Crippen LogP contribution in [0.3, 0.4) is 0 Å². The summed E-state index contributed by atoms with van der Waals surface area (Å²) in [6.07, 6.45) is -2.85. The molecule has 1 N–H and O–H groups in total. The molecule has 2 rings (SSSR count). The summed E-state index contributed by atoms with van der Waals surface area (Å²) in [6, 6.07) is 2.75. The van der Waals surface area contributed by atoms with Crippen LogP contribution in [0.15, 0.2) is 29.2 Å². The molecule has 1 aromatic rings. The number of nitrogens with one attached hydrogen (secondary N) is 1. The van der Waals surface area contributed by atoms with Gasteiger partial charge in [-0.1, -0.05) is 0 Å². The van der Waals surface area contributed by atoms with Gasteiger partial charge in [-0.15, -0.1) is 0 Å². The molecular formula is C13H17F3N2O4S2. The molecule has 1 aromatic carbocycles. The predicted molar refractivity (Wildman–Crippen MR) is 81.2 cm³/mol. The summed E-state index contributed by atoms with van der Waals surface area (Å²) >= 11 is 0. The molecule has 1 fully saturated rings. The Hall–Kier alpha value is -1.17. The highest BCUT2D eigenvalue weighted by Gasteiger charge is 2.31. The van der Waals surface area contributed by atoms with Crippen molar-refractivity contribution in [2.75, 3.05) is 19.3 Å². The third-order valence-electron chi connectivity index (χ3n) is 3.74. The number of hydrogen-bond donors (Lipinski definition) is 1. The molecule has 0 bridgehead atoms. The maximum atomic E-state index is 12.5. The van der Waals surface area contributed by atoms with Crippen molar-refractivity contribution >= 4 is 20.0 Å². The van der Waals surface area contributed by atoms with Gasteiger partial charge in [0, 0.05) is 19.1 Å². The second-order valence-electron chi connectivity index (χ2n) is 5.58. The molecule has 136 valence electrons. The van der Waals surface area contributed by atoms with Crippen LogP contribution in [0.1, 0.15) is 18.4 Å². The van der Waals surface area contributed by atoms with E-state index in [0.29, 0.717) is 25.0 Å². The highest BCUT2D eigenvalue weighted by Crippen LogP contribution is 2.29. The monoisotopic (exact) mass is 386 g/mol. The second kappa shape index (κ2) is 6.62. The number of alkyl halides is 3. The lowest BCUT2D eigenvalue weighted by molar-refractivity contribution is -0.137. The van der Waals surface area contributed by atoms with Crippen LogP contribution in [0.2, 0.25) is 0 Å². The molecule has 0 aliphatic carbocycles. The normalized spacial score (nSPS) is 18.7. The number of halogens is 3. The Balaban J connectivity index is 2.05. The average Bonchev–Trinajstić information content (AvgIpc) is 2.46. The van der Waals surface area contributed by atoms with E-state index in [4.69, 9.17) is 0 Å². The van der Waals surface area contributed by atoms with Gasteiger partial charge in [0.2, 0.25) is 20.0 Å². The molecule has 0 atom stereocenters. The van der Waals surface area contributed by atoms with Gasteiger partial charge in [-0.2, -0.15) is 13.2 Å². The number of nitrogens with zero attached hydrogens (tertiary/aromatic N) is 1. The van der Waals surface area contributed by atoms with Crippen molar-refractivity contribution in [1.82, 2.24) is 9.03 Å². The third kappa shape index (κ3) is 4.68. The summed E-state index contributed by atoms with van der Waals surface area (Å²) in [5, 5.41) is 0. The molecule has 0 aromatic heterocycles. The minimum atomic E-state index is -4.53. The minimum absolute atomic E-state index is 0.193. The maximum absolute atomic E-state index is 12.5. The van der Waals surface area contributed by atoms with Crippen LogP contribution in [0.25, 0.3) is 0 Å². The Morgan fingerprint density at radius 2 is 1.54 bits per heavy atom. The van der Waals surface area contributed by atoms with Gasteiger partial charge in [-0.25, -0.2) is 25.9 Å². The van der Waals surface area contributed by atoms with Crippen molar-refractivity contribution in [2.45, 2.75) is 30.0 Å². The molecule has 1 saturated heterocycles. The molecule has 24 heavy (non-hydrogen) atoms. The first-order valence-electron chi connectivity index (χ1n) is 7.04. The van der Waals surface area contributed by atoms with Gasteiger partial charge in [0.05, 0.1) is 16.7 Å². The fourth-order valence-electron chi connectivity index (χ4n) is 2.42. The molecule has 0 spiro atoms. The Kier molecular flexibility index (Phi) is 5.28. The van der Waals surface area contributed by atoms with Gasteiger partial charge in [0.25, 0.3) is 0 Å². The van der Waals surface area contributed by atoms with E-state index in [1.165, 1.54) is 4.31 Å². The van der Waals surface area contributed by atoms with Crippen molar-refractivity contribution in [3.05, 3.63) is 29.8 Å². The largest absolute Gasteiger partial charge is 0.416 e. The van der Waals surface area contributed by atoms with Crippen LogP contribution in [0.5, 0.6) is 0 Å². The van der Waals surface area contributed by atoms with Gasteiger partial charge in [-0.3, -0.25) is 0 Å². The topological polar surface area (TPSA) is 83.6 Å². The van der Waals surface area contributed by atoms with Gasteiger partial charge in [-0.05, 0) is 37.1 Å². The lowest BCUT2D eigenvalue weighted by Gasteiger charge is -2.30. The molecule has 0 radical (unpaired) electrons. The smallest absolute Gasteiger partial charge is 0.213 e. The fraction of sp³-hybridized carbons (Fsp3) is 0.538. The van der Waals surface area contributed by atoms with E-state index < -0.39 is 37.8 Å². The first-order chi connectivity index (χ1) is 10.9. The van der Waals surface area contributed by atoms with Crippen LogP contribution in [-0.4, -0.2) is 46.5 Å². The number of piperidine rings is 1. The molecule has 0 amide bonds. The van der Waals surface area contributed by atoms with Gasteiger partial charge >= 0.3 is 6.18 Å². The Labute approximate surface area is 138 Å². The van der Waals surface area contributed by atoms with Crippen molar-refractivity contribution in [2.24, 2.45) is 0 Å². The Morgan fingerprint density at radius 3 is 1.96 bits per heavy atom. The van der Waals surface area contributed by atoms with E-state index in [0.717, 1.165) is 18.4 Å². The van der Waals surface area contributed by atoms with Crippen molar-refractivity contribution in [3.8, 4) is 0 Å². The quantitative estimate of drug-likeness (QED) is 0.848. The minimum Gasteiger partial charge on any atom is -0.213 e. The van der Waals surface area contributed by atoms with Crippen LogP contribution >= 0.6 is 0 Å². The summed E-state index contributed by atoms with van der Waals surface area (Å²) in [7, 11) is -7.27. The highest BCUT2D eigenvalue weighted by atomic mass is 32.2. The van der Waals surface area contributed by atoms with Crippen LogP contribution in [0.4, 0.5) is 13.2 Å². The summed E-state index contributed by atoms with van der Waals surface area (Å²) in [5.74, 6) is 0. The SMILES string of the molecule is CS(=O)(=O)N1CCC(NS(=O)(=O)c2ccc(C(F)(F)F)cc2)CC1. The lowest BCUT2D eigenvalue weighted by Crippen LogP contribution is -2.46. The Morgan fingerprint density at radius 1 is 1.04 bits per heavy atom. The van der Waals surface area contributed by atoms with E-state index >= 15 is 0 Å². The van der Waals surface area contributed by atoms with E-state index in [2.05, 4.69) is 4.72 Å². The van der Waals surface area contributed by atoms with Gasteiger partial charge < -0.3 is 0 Å². The van der Waals surface area contributed by atoms with Crippen LogP contribution in [-0.2, 0) is 26.2 Å². The molecule has 6 nitrogen and oxygen atoms in total. The predicted octanol–water partition coefficient (Wildman–Crippen LogP) is 1.41. The molecule has 11 heteroatoms. The zero-order chi connectivity index (χ0) is 18.2. The first-order valence-corrected chi connectivity index (χ1v) is 10.4. The van der Waals surface area contributed by atoms with E-state index in [9.17, 15) is 30.0 Å². The van der Waals surface area contributed by atoms with E-state index in [1.54, 1.807) is 0 Å². The molecular weight excluding hydrogens is 369 g/mol. The fourth-order valence-corrected chi connectivity index (χ4v) is 4.59. The number of benzene rings is 1. The first kappa shape index (κ1) is 19.2. The van der Waals surface area contributed by atoms with Crippen molar-refractivity contribution in [1.29, 1.82) is 0 Å². The van der Waals surface area contributed by atoms with Crippen molar-refractivity contribution < 1.29 is 30.0 Å². The van der Waals surface area contributed by atoms with E-state index in [1.807, 2.05) is 0 Å². The second-order valence-corrected chi connectivity index (χ2v) is 9.28. The number of rotatable bonds is 4. The zero-order valence-electron chi connectivity index (χ0n) is 12.7. The van der Waals surface area contributed by atoms with Gasteiger partial charge in [0.15, 0.2) is 0 Å². The number of hydrogen-bond acceptors (Lipinski definition) is 4. The molecule has 0 unspecified atom stereocenters. The molecule has 1 aliphatic heterocycles. The maximum Gasteiger partial charge on any atom is 0.416 e. The summed E-state index contributed by atoms with van der Waals surface area (Å²) in [5.41, 5.74) is -0.928. The van der Waals surface area contributed by atoms with Crippen LogP contribution < -0.4 is 4.72 Å². The molecule has 0 saturated carbocycles. The van der Waals surface area contributed by atoms with Crippen molar-refractivity contribution in [3.63, 3.8) is 0 Å². The standard InChI is InChI=1S/C13H17F3N2O4S2/c1-23(19,20)18-8-6-11(7-9-18)17-24(21,22)12-4-2-10(3-5-12)13(14,15)16/h2-5,11,17H,6-9H2,1H3. The lowest BCUT2D eigenvalue weighted by atomic mass is 10.1.